The number of aliphatic carboxylic acids is 1. The third-order valence-corrected chi connectivity index (χ3v) is 3.70. The molecule has 0 spiro atoms. The first-order chi connectivity index (χ1) is 8.61. The Labute approximate surface area is 106 Å². The summed E-state index contributed by atoms with van der Waals surface area (Å²) in [7, 11) is 0. The number of rotatable bonds is 3. The van der Waals surface area contributed by atoms with Crippen molar-refractivity contribution in [1.82, 2.24) is 9.80 Å². The lowest BCUT2D eigenvalue weighted by Crippen LogP contribution is -2.51. The van der Waals surface area contributed by atoms with Crippen LogP contribution in [0.15, 0.2) is 0 Å². The molecule has 0 aromatic heterocycles. The number of nitrogens with zero attached hydrogens (tertiary/aromatic N) is 2. The Morgan fingerprint density at radius 1 is 1.17 bits per heavy atom. The molecule has 2 rings (SSSR count). The van der Waals surface area contributed by atoms with Gasteiger partial charge < -0.3 is 19.6 Å². The summed E-state index contributed by atoms with van der Waals surface area (Å²) < 4.78 is 5.29. The van der Waals surface area contributed by atoms with Crippen molar-refractivity contribution >= 4 is 11.9 Å². The highest BCUT2D eigenvalue weighted by molar-refractivity contribution is 5.82. The molecule has 6 heteroatoms. The Bertz CT molecular complexity index is 326. The molecule has 0 aliphatic carbocycles. The van der Waals surface area contributed by atoms with Gasteiger partial charge in [0.25, 0.3) is 5.91 Å². The van der Waals surface area contributed by atoms with Crippen molar-refractivity contribution in [2.24, 2.45) is 0 Å². The normalized spacial score (nSPS) is 29.5. The third-order valence-electron chi connectivity index (χ3n) is 3.70. The molecule has 102 valence electrons. The number of carboxylic acid groups (broad SMARTS) is 1. The number of carbonyl (C=O) groups excluding carboxylic acids is 1. The first kappa shape index (κ1) is 13.3. The molecule has 2 saturated heterocycles. The maximum absolute atomic E-state index is 12.2. The molecule has 0 saturated carbocycles. The van der Waals surface area contributed by atoms with E-state index in [0.29, 0.717) is 25.9 Å². The van der Waals surface area contributed by atoms with Crippen LogP contribution in [-0.2, 0) is 14.3 Å². The Morgan fingerprint density at radius 3 is 2.28 bits per heavy atom. The standard InChI is InChI=1S/C12H20N2O4/c1-2-13-5-7-14(8-6-13)11(15)9-3-4-10(18-9)12(16)17/h9-10H,2-8H2,1H3,(H,16,17)/t9-,10+/m0/s1. The van der Waals surface area contributed by atoms with Gasteiger partial charge in [-0.05, 0) is 19.4 Å². The average Bonchev–Trinajstić information content (AvgIpc) is 2.88. The molecule has 0 unspecified atom stereocenters. The van der Waals surface area contributed by atoms with Crippen LogP contribution in [0.25, 0.3) is 0 Å². The van der Waals surface area contributed by atoms with Crippen LogP contribution in [0, 0.1) is 0 Å². The zero-order valence-electron chi connectivity index (χ0n) is 10.7. The average molecular weight is 256 g/mol. The van der Waals surface area contributed by atoms with Crippen molar-refractivity contribution in [3.8, 4) is 0 Å². The van der Waals surface area contributed by atoms with Gasteiger partial charge in [-0.25, -0.2) is 4.79 Å². The third kappa shape index (κ3) is 2.81. The molecule has 2 heterocycles. The van der Waals surface area contributed by atoms with Crippen molar-refractivity contribution in [2.45, 2.75) is 32.0 Å². The first-order valence-electron chi connectivity index (χ1n) is 6.51. The predicted octanol–water partition coefficient (Wildman–Crippen LogP) is -0.217. The van der Waals surface area contributed by atoms with Gasteiger partial charge in [-0.3, -0.25) is 4.79 Å². The van der Waals surface area contributed by atoms with E-state index in [1.807, 2.05) is 0 Å². The van der Waals surface area contributed by atoms with E-state index in [2.05, 4.69) is 11.8 Å². The molecule has 2 aliphatic rings. The molecule has 18 heavy (non-hydrogen) atoms. The van der Waals surface area contributed by atoms with Gasteiger partial charge >= 0.3 is 5.97 Å². The second kappa shape index (κ2) is 5.67. The quantitative estimate of drug-likeness (QED) is 0.756. The molecule has 1 amide bonds. The van der Waals surface area contributed by atoms with E-state index in [1.54, 1.807) is 4.90 Å². The maximum Gasteiger partial charge on any atom is 0.332 e. The predicted molar refractivity (Wildman–Crippen MR) is 64.2 cm³/mol. The van der Waals surface area contributed by atoms with Gasteiger partial charge in [0, 0.05) is 26.2 Å². The highest BCUT2D eigenvalue weighted by atomic mass is 16.5. The fraction of sp³-hybridized carbons (Fsp3) is 0.833. The number of piperazine rings is 1. The summed E-state index contributed by atoms with van der Waals surface area (Å²) in [6.45, 7) is 6.31. The molecule has 6 nitrogen and oxygen atoms in total. The second-order valence-electron chi connectivity index (χ2n) is 4.79. The highest BCUT2D eigenvalue weighted by Crippen LogP contribution is 2.22. The molecular weight excluding hydrogens is 236 g/mol. The fourth-order valence-electron chi connectivity index (χ4n) is 2.49. The van der Waals surface area contributed by atoms with E-state index in [0.717, 1.165) is 19.6 Å². The lowest BCUT2D eigenvalue weighted by Gasteiger charge is -2.35. The Morgan fingerprint density at radius 2 is 1.78 bits per heavy atom. The van der Waals surface area contributed by atoms with Gasteiger partial charge in [0.1, 0.15) is 6.10 Å². The summed E-state index contributed by atoms with van der Waals surface area (Å²) in [5.74, 6) is -1.02. The molecule has 2 atom stereocenters. The first-order valence-corrected chi connectivity index (χ1v) is 6.51. The smallest absolute Gasteiger partial charge is 0.332 e. The lowest BCUT2D eigenvalue weighted by atomic mass is 10.1. The fourth-order valence-corrected chi connectivity index (χ4v) is 2.49. The minimum absolute atomic E-state index is 0.0468. The molecule has 0 radical (unpaired) electrons. The molecule has 0 bridgehead atoms. The zero-order chi connectivity index (χ0) is 13.1. The number of carboxylic acids is 1. The van der Waals surface area contributed by atoms with E-state index in [1.165, 1.54) is 0 Å². The van der Waals surface area contributed by atoms with E-state index >= 15 is 0 Å². The largest absolute Gasteiger partial charge is 0.479 e. The SMILES string of the molecule is CCN1CCN(C(=O)[C@@H]2CC[C@H](C(=O)O)O2)CC1. The molecule has 2 fully saturated rings. The van der Waals surface area contributed by atoms with Crippen molar-refractivity contribution in [3.05, 3.63) is 0 Å². The summed E-state index contributed by atoms with van der Waals surface area (Å²) in [5, 5.41) is 8.83. The van der Waals surface area contributed by atoms with Crippen LogP contribution in [0.5, 0.6) is 0 Å². The Kier molecular flexibility index (Phi) is 4.19. The van der Waals surface area contributed by atoms with Gasteiger partial charge in [-0.2, -0.15) is 0 Å². The van der Waals surface area contributed by atoms with Crippen molar-refractivity contribution in [2.75, 3.05) is 32.7 Å². The maximum atomic E-state index is 12.2. The minimum atomic E-state index is -0.971. The van der Waals surface area contributed by atoms with E-state index in [-0.39, 0.29) is 5.91 Å². The second-order valence-corrected chi connectivity index (χ2v) is 4.79. The summed E-state index contributed by atoms with van der Waals surface area (Å²) >= 11 is 0. The Hall–Kier alpha value is -1.14. The van der Waals surface area contributed by atoms with Crippen LogP contribution in [0.3, 0.4) is 0 Å². The van der Waals surface area contributed by atoms with Gasteiger partial charge in [-0.15, -0.1) is 0 Å². The number of hydrogen-bond acceptors (Lipinski definition) is 4. The van der Waals surface area contributed by atoms with Crippen LogP contribution in [0.2, 0.25) is 0 Å². The van der Waals surface area contributed by atoms with Crippen molar-refractivity contribution in [1.29, 1.82) is 0 Å². The number of ether oxygens (including phenoxy) is 1. The van der Waals surface area contributed by atoms with Gasteiger partial charge in [0.15, 0.2) is 6.10 Å². The Balaban J connectivity index is 1.84. The number of likely N-dealkylation sites (N-methyl/N-ethyl adjacent to an activating group) is 1. The molecule has 2 aliphatic heterocycles. The van der Waals surface area contributed by atoms with Crippen LogP contribution in [0.4, 0.5) is 0 Å². The summed E-state index contributed by atoms with van der Waals surface area (Å²) in [6, 6.07) is 0. The van der Waals surface area contributed by atoms with Crippen LogP contribution >= 0.6 is 0 Å². The number of hydrogen-bond donors (Lipinski definition) is 1. The van der Waals surface area contributed by atoms with Crippen molar-refractivity contribution in [3.63, 3.8) is 0 Å². The van der Waals surface area contributed by atoms with E-state index in [9.17, 15) is 9.59 Å². The molecular formula is C12H20N2O4. The highest BCUT2D eigenvalue weighted by Gasteiger charge is 2.37. The zero-order valence-corrected chi connectivity index (χ0v) is 10.7. The monoisotopic (exact) mass is 256 g/mol. The van der Waals surface area contributed by atoms with Gasteiger partial charge in [0.2, 0.25) is 0 Å². The molecule has 1 N–H and O–H groups in total. The lowest BCUT2D eigenvalue weighted by molar-refractivity contribution is -0.155. The summed E-state index contributed by atoms with van der Waals surface area (Å²) in [4.78, 5) is 27.0. The van der Waals surface area contributed by atoms with Gasteiger partial charge in [-0.1, -0.05) is 6.92 Å². The summed E-state index contributed by atoms with van der Waals surface area (Å²) in [5.41, 5.74) is 0. The number of carbonyl (C=O) groups is 2. The van der Waals surface area contributed by atoms with E-state index in [4.69, 9.17) is 9.84 Å². The minimum Gasteiger partial charge on any atom is -0.479 e. The molecule has 0 aromatic carbocycles. The number of amides is 1. The van der Waals surface area contributed by atoms with Crippen molar-refractivity contribution < 1.29 is 19.4 Å². The van der Waals surface area contributed by atoms with Crippen LogP contribution < -0.4 is 0 Å². The molecule has 0 aromatic rings. The summed E-state index contributed by atoms with van der Waals surface area (Å²) in [6.07, 6.45) is -0.417. The van der Waals surface area contributed by atoms with Gasteiger partial charge in [0.05, 0.1) is 0 Å². The topological polar surface area (TPSA) is 70.1 Å². The van der Waals surface area contributed by atoms with Crippen LogP contribution in [-0.4, -0.2) is 71.7 Å². The van der Waals surface area contributed by atoms with Crippen LogP contribution in [0.1, 0.15) is 19.8 Å². The van der Waals surface area contributed by atoms with E-state index < -0.39 is 18.2 Å².